The molecule has 37 heavy (non-hydrogen) atoms. The van der Waals surface area contributed by atoms with E-state index in [1.165, 1.54) is 23.9 Å². The average Bonchev–Trinajstić information content (AvgIpc) is 3.75. The number of hydrogen-bond donors (Lipinski definition) is 0. The van der Waals surface area contributed by atoms with Gasteiger partial charge in [0, 0.05) is 41.5 Å². The molecule has 0 aromatic heterocycles. The number of likely N-dealkylation sites (tertiary alicyclic amines) is 1. The zero-order valence-corrected chi connectivity index (χ0v) is 22.0. The Labute approximate surface area is 221 Å². The molecule has 2 unspecified atom stereocenters. The van der Waals surface area contributed by atoms with E-state index in [1.807, 2.05) is 4.90 Å². The van der Waals surface area contributed by atoms with Crippen molar-refractivity contribution in [2.24, 2.45) is 5.92 Å². The van der Waals surface area contributed by atoms with Crippen molar-refractivity contribution >= 4 is 29.3 Å². The van der Waals surface area contributed by atoms with Crippen LogP contribution >= 0.6 is 11.8 Å². The molecule has 6 nitrogen and oxygen atoms in total. The largest absolute Gasteiger partial charge is 0.497 e. The standard InChI is InChI=1S/C29H32FNO5S/c1-3-36-27(33)16-21-17-31(28(29(34)19-11-12-19)23-9-4-5-10-24(23)30)14-13-26(21)37-18-25(32)20-7-6-8-22(15-20)35-2/h4-10,15-16,19,26,28H,3,11-14,17-18H2,1-2H3/b21-16+. The highest BCUT2D eigenvalue weighted by molar-refractivity contribution is 8.00. The minimum absolute atomic E-state index is 0.0277. The van der Waals surface area contributed by atoms with E-state index in [-0.39, 0.29) is 35.1 Å². The van der Waals surface area contributed by atoms with E-state index in [2.05, 4.69) is 0 Å². The second-order valence-corrected chi connectivity index (χ2v) is 10.5. The Morgan fingerprint density at radius 2 is 1.92 bits per heavy atom. The van der Waals surface area contributed by atoms with E-state index in [9.17, 15) is 18.8 Å². The molecule has 0 amide bonds. The molecule has 2 fully saturated rings. The Morgan fingerprint density at radius 3 is 2.62 bits per heavy atom. The molecule has 0 N–H and O–H groups in total. The van der Waals surface area contributed by atoms with Gasteiger partial charge in [0.15, 0.2) is 11.6 Å². The summed E-state index contributed by atoms with van der Waals surface area (Å²) >= 11 is 1.47. The van der Waals surface area contributed by atoms with Gasteiger partial charge in [-0.05, 0) is 50.0 Å². The first-order valence-corrected chi connectivity index (χ1v) is 13.6. The predicted octanol–water partition coefficient (Wildman–Crippen LogP) is 5.03. The average molecular weight is 526 g/mol. The van der Waals surface area contributed by atoms with Gasteiger partial charge in [0.2, 0.25) is 0 Å². The maximum Gasteiger partial charge on any atom is 0.330 e. The number of esters is 1. The smallest absolute Gasteiger partial charge is 0.330 e. The Morgan fingerprint density at radius 1 is 1.14 bits per heavy atom. The third kappa shape index (κ3) is 6.87. The fraction of sp³-hybridized carbons (Fsp3) is 0.414. The minimum atomic E-state index is -0.705. The van der Waals surface area contributed by atoms with Crippen molar-refractivity contribution < 1.29 is 28.2 Å². The summed E-state index contributed by atoms with van der Waals surface area (Å²) in [5, 5.41) is -0.104. The van der Waals surface area contributed by atoms with E-state index in [1.54, 1.807) is 56.5 Å². The maximum atomic E-state index is 14.8. The Hall–Kier alpha value is -2.97. The highest BCUT2D eigenvalue weighted by atomic mass is 32.2. The number of rotatable bonds is 11. The van der Waals surface area contributed by atoms with Gasteiger partial charge in [-0.25, -0.2) is 9.18 Å². The normalized spacial score (nSPS) is 19.9. The summed E-state index contributed by atoms with van der Waals surface area (Å²) in [5.41, 5.74) is 1.71. The lowest BCUT2D eigenvalue weighted by Gasteiger charge is -2.38. The summed E-state index contributed by atoms with van der Waals surface area (Å²) in [6, 6.07) is 12.7. The second-order valence-electron chi connectivity index (χ2n) is 9.29. The molecule has 1 saturated heterocycles. The number of halogens is 1. The Kier molecular flexibility index (Phi) is 9.16. The van der Waals surface area contributed by atoms with Gasteiger partial charge in [-0.2, -0.15) is 0 Å². The van der Waals surface area contributed by atoms with E-state index >= 15 is 0 Å². The number of ether oxygens (including phenoxy) is 2. The zero-order valence-electron chi connectivity index (χ0n) is 21.2. The minimum Gasteiger partial charge on any atom is -0.497 e. The van der Waals surface area contributed by atoms with E-state index in [4.69, 9.17) is 9.47 Å². The third-order valence-corrected chi connectivity index (χ3v) is 8.06. The highest BCUT2D eigenvalue weighted by Gasteiger charge is 2.41. The summed E-state index contributed by atoms with van der Waals surface area (Å²) in [5.74, 6) is -0.0654. The Balaban J connectivity index is 1.54. The van der Waals surface area contributed by atoms with Crippen LogP contribution in [0.15, 0.2) is 60.2 Å². The van der Waals surface area contributed by atoms with Gasteiger partial charge in [0.25, 0.3) is 0 Å². The van der Waals surface area contributed by atoms with Crippen LogP contribution in [0.4, 0.5) is 4.39 Å². The molecule has 0 bridgehead atoms. The van der Waals surface area contributed by atoms with Crippen molar-refractivity contribution in [1.29, 1.82) is 0 Å². The second kappa shape index (κ2) is 12.5. The van der Waals surface area contributed by atoms with Crippen molar-refractivity contribution in [1.82, 2.24) is 4.90 Å². The predicted molar refractivity (Wildman–Crippen MR) is 141 cm³/mol. The van der Waals surface area contributed by atoms with Gasteiger partial charge in [-0.15, -0.1) is 11.8 Å². The fourth-order valence-electron chi connectivity index (χ4n) is 4.64. The van der Waals surface area contributed by atoms with Crippen molar-refractivity contribution in [3.63, 3.8) is 0 Å². The molecular formula is C29H32FNO5S. The van der Waals surface area contributed by atoms with Crippen LogP contribution in [0.1, 0.15) is 48.1 Å². The molecule has 1 saturated carbocycles. The van der Waals surface area contributed by atoms with Crippen LogP contribution in [0.2, 0.25) is 0 Å². The number of hydrogen-bond acceptors (Lipinski definition) is 7. The molecule has 0 spiro atoms. The van der Waals surface area contributed by atoms with Crippen molar-refractivity contribution in [3.8, 4) is 5.75 Å². The highest BCUT2D eigenvalue weighted by Crippen LogP contribution is 2.40. The van der Waals surface area contributed by atoms with Gasteiger partial charge < -0.3 is 9.47 Å². The molecule has 0 radical (unpaired) electrons. The number of carbonyl (C=O) groups excluding carboxylic acids is 3. The van der Waals surface area contributed by atoms with Gasteiger partial charge in [-0.3, -0.25) is 14.5 Å². The molecule has 4 rings (SSSR count). The van der Waals surface area contributed by atoms with Crippen LogP contribution in [-0.2, 0) is 14.3 Å². The van der Waals surface area contributed by atoms with Gasteiger partial charge in [0.1, 0.15) is 11.6 Å². The summed E-state index contributed by atoms with van der Waals surface area (Å²) in [4.78, 5) is 40.6. The van der Waals surface area contributed by atoms with Gasteiger partial charge in [0.05, 0.1) is 25.5 Å². The SMILES string of the molecule is CCOC(=O)/C=C1\CN(C(C(=O)C2CC2)c2ccccc2F)CCC1SCC(=O)c1cccc(OC)c1. The number of ketones is 2. The topological polar surface area (TPSA) is 72.9 Å². The molecular weight excluding hydrogens is 493 g/mol. The van der Waals surface area contributed by atoms with Crippen LogP contribution in [0.5, 0.6) is 5.75 Å². The van der Waals surface area contributed by atoms with Crippen molar-refractivity contribution in [2.45, 2.75) is 37.5 Å². The Bertz CT molecular complexity index is 1180. The summed E-state index contributed by atoms with van der Waals surface area (Å²) in [7, 11) is 1.56. The molecule has 2 aliphatic rings. The van der Waals surface area contributed by atoms with Crippen molar-refractivity contribution in [3.05, 3.63) is 77.1 Å². The maximum absolute atomic E-state index is 14.8. The van der Waals surface area contributed by atoms with Crippen LogP contribution in [0.3, 0.4) is 0 Å². The van der Waals surface area contributed by atoms with Crippen LogP contribution in [0.25, 0.3) is 0 Å². The first kappa shape index (κ1) is 27.1. The van der Waals surface area contributed by atoms with Crippen LogP contribution in [0, 0.1) is 11.7 Å². The van der Waals surface area contributed by atoms with E-state index in [0.29, 0.717) is 36.4 Å². The first-order chi connectivity index (χ1) is 17.9. The molecule has 8 heteroatoms. The molecule has 2 aromatic rings. The lowest BCUT2D eigenvalue weighted by atomic mass is 9.93. The molecule has 196 valence electrons. The quantitative estimate of drug-likeness (QED) is 0.231. The van der Waals surface area contributed by atoms with Crippen molar-refractivity contribution in [2.75, 3.05) is 32.6 Å². The zero-order chi connectivity index (χ0) is 26.4. The molecule has 1 aliphatic carbocycles. The van der Waals surface area contributed by atoms with Crippen LogP contribution in [-0.4, -0.2) is 60.2 Å². The first-order valence-electron chi connectivity index (χ1n) is 12.6. The molecule has 1 heterocycles. The molecule has 2 atom stereocenters. The molecule has 2 aromatic carbocycles. The third-order valence-electron chi connectivity index (χ3n) is 6.69. The fourth-order valence-corrected chi connectivity index (χ4v) is 5.79. The lowest BCUT2D eigenvalue weighted by Crippen LogP contribution is -2.43. The summed E-state index contributed by atoms with van der Waals surface area (Å²) in [6.07, 6.45) is 3.75. The number of nitrogens with zero attached hydrogens (tertiary/aromatic N) is 1. The molecule has 1 aliphatic heterocycles. The van der Waals surface area contributed by atoms with Gasteiger partial charge in [-0.1, -0.05) is 30.3 Å². The number of carbonyl (C=O) groups is 3. The number of thioether (sulfide) groups is 1. The van der Waals surface area contributed by atoms with E-state index < -0.39 is 17.8 Å². The monoisotopic (exact) mass is 525 g/mol. The van der Waals surface area contributed by atoms with Gasteiger partial charge >= 0.3 is 5.97 Å². The number of methoxy groups -OCH3 is 1. The summed E-state index contributed by atoms with van der Waals surface area (Å²) in [6.45, 7) is 2.85. The number of benzene rings is 2. The summed E-state index contributed by atoms with van der Waals surface area (Å²) < 4.78 is 25.2. The lowest BCUT2D eigenvalue weighted by molar-refractivity contribution is -0.137. The van der Waals surface area contributed by atoms with Crippen LogP contribution < -0.4 is 4.74 Å². The number of piperidine rings is 1. The number of Topliss-reactive ketones (excluding diaryl/α,β-unsaturated/α-hetero) is 2. The van der Waals surface area contributed by atoms with E-state index in [0.717, 1.165) is 18.4 Å².